The normalized spacial score (nSPS) is 24.7. The van der Waals surface area contributed by atoms with Crippen LogP contribution < -0.4 is 5.56 Å². The molecule has 152 valence electrons. The van der Waals surface area contributed by atoms with Gasteiger partial charge in [0.1, 0.15) is 5.56 Å². The summed E-state index contributed by atoms with van der Waals surface area (Å²) < 4.78 is 7.24. The average Bonchev–Trinajstić information content (AvgIpc) is 3.51. The number of pyridine rings is 1. The van der Waals surface area contributed by atoms with E-state index < -0.39 is 5.41 Å². The van der Waals surface area contributed by atoms with Crippen LogP contribution in [0.4, 0.5) is 0 Å². The van der Waals surface area contributed by atoms with Crippen LogP contribution >= 0.6 is 0 Å². The van der Waals surface area contributed by atoms with Gasteiger partial charge in [-0.15, -0.1) is 0 Å². The third kappa shape index (κ3) is 3.15. The van der Waals surface area contributed by atoms with Crippen LogP contribution in [0.25, 0.3) is 0 Å². The zero-order valence-corrected chi connectivity index (χ0v) is 16.9. The Labute approximate surface area is 165 Å². The molecule has 7 heteroatoms. The predicted octanol–water partition coefficient (Wildman–Crippen LogP) is 1.59. The topological polar surface area (TPSA) is 71.8 Å². The van der Waals surface area contributed by atoms with Crippen molar-refractivity contribution in [1.82, 2.24) is 14.4 Å². The van der Waals surface area contributed by atoms with Gasteiger partial charge in [0.25, 0.3) is 11.5 Å². The fourth-order valence-electron chi connectivity index (χ4n) is 4.79. The van der Waals surface area contributed by atoms with Gasteiger partial charge in [-0.05, 0) is 50.7 Å². The van der Waals surface area contributed by atoms with Crippen LogP contribution in [0.15, 0.2) is 17.1 Å². The Morgan fingerprint density at radius 3 is 2.50 bits per heavy atom. The summed E-state index contributed by atoms with van der Waals surface area (Å²) in [5, 5.41) is 0. The fraction of sp³-hybridized carbons (Fsp3) is 0.667. The SMILES string of the molecule is COC1CN(C)C(=O)C2(CCN(C(=O)c3c(C)ccn(C4CC4)c3=O)CC2)C1. The Morgan fingerprint density at radius 1 is 1.21 bits per heavy atom. The molecule has 1 aromatic rings. The minimum Gasteiger partial charge on any atom is -0.380 e. The van der Waals surface area contributed by atoms with Crippen molar-refractivity contribution in [1.29, 1.82) is 0 Å². The zero-order valence-electron chi connectivity index (χ0n) is 16.9. The number of piperidine rings is 2. The van der Waals surface area contributed by atoms with E-state index in [1.807, 2.05) is 20.0 Å². The molecule has 2 saturated heterocycles. The van der Waals surface area contributed by atoms with Crippen LogP contribution in [0.2, 0.25) is 0 Å². The molecular weight excluding hydrogens is 358 g/mol. The molecule has 2 aliphatic heterocycles. The van der Waals surface area contributed by atoms with Crippen molar-refractivity contribution in [2.24, 2.45) is 5.41 Å². The Morgan fingerprint density at radius 2 is 1.89 bits per heavy atom. The summed E-state index contributed by atoms with van der Waals surface area (Å²) in [6.07, 6.45) is 5.77. The van der Waals surface area contributed by atoms with Crippen LogP contribution in [0.3, 0.4) is 0 Å². The van der Waals surface area contributed by atoms with Gasteiger partial charge in [-0.1, -0.05) is 0 Å². The van der Waals surface area contributed by atoms with E-state index in [-0.39, 0.29) is 35.1 Å². The molecule has 1 aliphatic carbocycles. The monoisotopic (exact) mass is 387 g/mol. The van der Waals surface area contributed by atoms with Gasteiger partial charge >= 0.3 is 0 Å². The van der Waals surface area contributed by atoms with Gasteiger partial charge in [0.15, 0.2) is 0 Å². The molecule has 0 aromatic carbocycles. The van der Waals surface area contributed by atoms with E-state index in [1.165, 1.54) is 0 Å². The first-order valence-electron chi connectivity index (χ1n) is 10.2. The van der Waals surface area contributed by atoms with Gasteiger partial charge in [-0.2, -0.15) is 0 Å². The standard InChI is InChI=1S/C21H29N3O4/c1-14-6-9-24(15-4-5-15)19(26)17(14)18(25)23-10-7-21(8-11-23)12-16(28-3)13-22(2)20(21)27/h6,9,15-16H,4-5,7-8,10-13H2,1-3H3. The molecule has 4 rings (SSSR count). The maximum Gasteiger partial charge on any atom is 0.263 e. The Kier molecular flexibility index (Phi) is 4.81. The second kappa shape index (κ2) is 7.03. The summed E-state index contributed by atoms with van der Waals surface area (Å²) in [7, 11) is 3.50. The summed E-state index contributed by atoms with van der Waals surface area (Å²) in [5.41, 5.74) is 0.373. The van der Waals surface area contributed by atoms with Gasteiger partial charge in [0.05, 0.1) is 11.5 Å². The largest absolute Gasteiger partial charge is 0.380 e. The number of amides is 2. The number of hydrogen-bond acceptors (Lipinski definition) is 4. The highest BCUT2D eigenvalue weighted by Gasteiger charge is 2.48. The van der Waals surface area contributed by atoms with E-state index in [0.29, 0.717) is 38.9 Å². The molecular formula is C21H29N3O4. The quantitative estimate of drug-likeness (QED) is 0.790. The van der Waals surface area contributed by atoms with Crippen molar-refractivity contribution in [2.75, 3.05) is 33.8 Å². The number of carbonyl (C=O) groups excluding carboxylic acids is 2. The number of aryl methyl sites for hydroxylation is 1. The molecule has 3 aliphatic rings. The van der Waals surface area contributed by atoms with Gasteiger partial charge in [-0.25, -0.2) is 0 Å². The van der Waals surface area contributed by atoms with E-state index >= 15 is 0 Å². The second-order valence-electron chi connectivity index (χ2n) is 8.64. The van der Waals surface area contributed by atoms with Gasteiger partial charge < -0.3 is 19.1 Å². The van der Waals surface area contributed by atoms with Crippen LogP contribution in [0.1, 0.15) is 54.1 Å². The smallest absolute Gasteiger partial charge is 0.263 e. The predicted molar refractivity (Wildman–Crippen MR) is 104 cm³/mol. The number of rotatable bonds is 3. The first-order chi connectivity index (χ1) is 13.4. The number of carbonyl (C=O) groups is 2. The molecule has 1 atom stereocenters. The van der Waals surface area contributed by atoms with Crippen LogP contribution in [-0.4, -0.2) is 66.1 Å². The molecule has 0 bridgehead atoms. The molecule has 1 spiro atoms. The van der Waals surface area contributed by atoms with Crippen LogP contribution in [0.5, 0.6) is 0 Å². The van der Waals surface area contributed by atoms with Crippen molar-refractivity contribution in [3.05, 3.63) is 33.7 Å². The number of nitrogens with zero attached hydrogens (tertiary/aromatic N) is 3. The van der Waals surface area contributed by atoms with Crippen LogP contribution in [0, 0.1) is 12.3 Å². The average molecular weight is 387 g/mol. The van der Waals surface area contributed by atoms with E-state index in [2.05, 4.69) is 0 Å². The van der Waals surface area contributed by atoms with E-state index in [9.17, 15) is 14.4 Å². The third-order valence-electron chi connectivity index (χ3n) is 6.72. The van der Waals surface area contributed by atoms with E-state index in [0.717, 1.165) is 18.4 Å². The van der Waals surface area contributed by atoms with Gasteiger partial charge in [0.2, 0.25) is 5.91 Å². The molecule has 1 unspecified atom stereocenters. The highest BCUT2D eigenvalue weighted by molar-refractivity contribution is 5.95. The lowest BCUT2D eigenvalue weighted by Gasteiger charge is -2.47. The first-order valence-corrected chi connectivity index (χ1v) is 10.2. The maximum atomic E-state index is 13.2. The van der Waals surface area contributed by atoms with Crippen molar-refractivity contribution < 1.29 is 14.3 Å². The zero-order chi connectivity index (χ0) is 20.1. The molecule has 0 N–H and O–H groups in total. The molecule has 1 aromatic heterocycles. The Balaban J connectivity index is 1.53. The van der Waals surface area contributed by atoms with Crippen LogP contribution in [-0.2, 0) is 9.53 Å². The highest BCUT2D eigenvalue weighted by atomic mass is 16.5. The first kappa shape index (κ1) is 19.2. The highest BCUT2D eigenvalue weighted by Crippen LogP contribution is 2.41. The maximum absolute atomic E-state index is 13.2. The summed E-state index contributed by atoms with van der Waals surface area (Å²) in [6, 6.07) is 2.10. The van der Waals surface area contributed by atoms with Crippen molar-refractivity contribution in [3.63, 3.8) is 0 Å². The molecule has 3 heterocycles. The lowest BCUT2D eigenvalue weighted by atomic mass is 9.71. The Bertz CT molecular complexity index is 850. The number of aromatic nitrogens is 1. The van der Waals surface area contributed by atoms with Gasteiger partial charge in [-0.3, -0.25) is 14.4 Å². The summed E-state index contributed by atoms with van der Waals surface area (Å²) in [5.74, 6) is -0.0489. The summed E-state index contributed by atoms with van der Waals surface area (Å²) in [4.78, 5) is 42.4. The molecule has 2 amide bonds. The minimum atomic E-state index is -0.454. The molecule has 7 nitrogen and oxygen atoms in total. The summed E-state index contributed by atoms with van der Waals surface area (Å²) >= 11 is 0. The second-order valence-corrected chi connectivity index (χ2v) is 8.64. The molecule has 1 saturated carbocycles. The number of hydrogen-bond donors (Lipinski definition) is 0. The lowest BCUT2D eigenvalue weighted by Crippen LogP contribution is -2.57. The number of likely N-dealkylation sites (N-methyl/N-ethyl adjacent to an activating group) is 1. The Hall–Kier alpha value is -2.15. The molecule has 28 heavy (non-hydrogen) atoms. The minimum absolute atomic E-state index is 0.0343. The van der Waals surface area contributed by atoms with Crippen molar-refractivity contribution >= 4 is 11.8 Å². The van der Waals surface area contributed by atoms with Gasteiger partial charge in [0, 0.05) is 46.0 Å². The molecule has 0 radical (unpaired) electrons. The lowest BCUT2D eigenvalue weighted by molar-refractivity contribution is -0.155. The van der Waals surface area contributed by atoms with Crippen molar-refractivity contribution in [3.8, 4) is 0 Å². The van der Waals surface area contributed by atoms with Crippen molar-refractivity contribution in [2.45, 2.75) is 51.2 Å². The molecule has 3 fully saturated rings. The van der Waals surface area contributed by atoms with E-state index in [1.54, 1.807) is 27.7 Å². The number of ether oxygens (including phenoxy) is 1. The number of likely N-dealkylation sites (tertiary alicyclic amines) is 2. The summed E-state index contributed by atoms with van der Waals surface area (Å²) in [6.45, 7) is 3.42. The van der Waals surface area contributed by atoms with E-state index in [4.69, 9.17) is 4.74 Å². The number of methoxy groups -OCH3 is 1. The third-order valence-corrected chi connectivity index (χ3v) is 6.72. The fourth-order valence-corrected chi connectivity index (χ4v) is 4.79.